The fraction of sp³-hybridized carbons (Fsp3) is 0.318. The fourth-order valence-corrected chi connectivity index (χ4v) is 3.52. The number of methoxy groups -OCH3 is 1. The number of nitrogens with zero attached hydrogens (tertiary/aromatic N) is 3. The van der Waals surface area contributed by atoms with Crippen molar-refractivity contribution in [2.24, 2.45) is 0 Å². The first kappa shape index (κ1) is 17.6. The van der Waals surface area contributed by atoms with E-state index in [-0.39, 0.29) is 0 Å². The van der Waals surface area contributed by atoms with Crippen LogP contribution in [0.15, 0.2) is 48.8 Å². The monoisotopic (exact) mass is 361 g/mol. The maximum atomic E-state index is 6.02. The zero-order chi connectivity index (χ0) is 18.5. The van der Waals surface area contributed by atoms with E-state index in [0.29, 0.717) is 19.1 Å². The maximum absolute atomic E-state index is 6.02. The molecule has 4 rings (SSSR count). The molecule has 0 saturated heterocycles. The molecule has 0 fully saturated rings. The molecule has 5 nitrogen and oxygen atoms in total. The molecule has 0 bridgehead atoms. The summed E-state index contributed by atoms with van der Waals surface area (Å²) < 4.78 is 11.2. The standard InChI is InChI=1S/C22H23N3O2/c1-26-14-17-7-4-8-18(24-17)15-27-22-12-20(16-6-5-11-23-13-16)19-9-2-3-10-21(19)25-22/h4-8,11-13H,2-3,9-10,14-15H2,1H3. The lowest BCUT2D eigenvalue weighted by Crippen LogP contribution is -2.09. The molecule has 3 heterocycles. The van der Waals surface area contributed by atoms with Crippen LogP contribution in [0.2, 0.25) is 0 Å². The second-order valence-corrected chi connectivity index (χ2v) is 6.72. The third-order valence-corrected chi connectivity index (χ3v) is 4.77. The Balaban J connectivity index is 1.61. The van der Waals surface area contributed by atoms with Crippen LogP contribution in [0.5, 0.6) is 5.88 Å². The minimum absolute atomic E-state index is 0.385. The lowest BCUT2D eigenvalue weighted by molar-refractivity contribution is 0.181. The van der Waals surface area contributed by atoms with Crippen molar-refractivity contribution in [3.8, 4) is 17.0 Å². The predicted octanol–water partition coefficient (Wildman–Crippen LogP) is 4.14. The summed E-state index contributed by atoms with van der Waals surface area (Å²) in [5.74, 6) is 0.647. The Morgan fingerprint density at radius 1 is 0.963 bits per heavy atom. The third kappa shape index (κ3) is 4.14. The Kier molecular flexibility index (Phi) is 5.39. The van der Waals surface area contributed by atoms with Gasteiger partial charge in [-0.25, -0.2) is 4.98 Å². The van der Waals surface area contributed by atoms with E-state index in [2.05, 4.69) is 16.0 Å². The summed E-state index contributed by atoms with van der Waals surface area (Å²) in [5, 5.41) is 0. The molecule has 0 radical (unpaired) electrons. The van der Waals surface area contributed by atoms with Gasteiger partial charge in [0.25, 0.3) is 0 Å². The van der Waals surface area contributed by atoms with Gasteiger partial charge in [-0.2, -0.15) is 0 Å². The Morgan fingerprint density at radius 2 is 1.81 bits per heavy atom. The normalized spacial score (nSPS) is 13.2. The first-order valence-electron chi connectivity index (χ1n) is 9.33. The van der Waals surface area contributed by atoms with Crippen molar-refractivity contribution < 1.29 is 9.47 Å². The molecule has 0 N–H and O–H groups in total. The molecule has 5 heteroatoms. The molecular formula is C22H23N3O2. The van der Waals surface area contributed by atoms with Gasteiger partial charge in [0.1, 0.15) is 6.61 Å². The van der Waals surface area contributed by atoms with E-state index < -0.39 is 0 Å². The Labute approximate surface area is 159 Å². The van der Waals surface area contributed by atoms with Crippen LogP contribution < -0.4 is 4.74 Å². The van der Waals surface area contributed by atoms with Crippen molar-refractivity contribution in [1.29, 1.82) is 0 Å². The maximum Gasteiger partial charge on any atom is 0.214 e. The fourth-order valence-electron chi connectivity index (χ4n) is 3.52. The number of ether oxygens (including phenoxy) is 2. The molecule has 0 unspecified atom stereocenters. The van der Waals surface area contributed by atoms with E-state index in [1.165, 1.54) is 24.0 Å². The van der Waals surface area contributed by atoms with Gasteiger partial charge in [-0.3, -0.25) is 9.97 Å². The molecule has 0 aromatic carbocycles. The van der Waals surface area contributed by atoms with E-state index in [0.717, 1.165) is 35.5 Å². The second kappa shape index (κ2) is 8.27. The smallest absolute Gasteiger partial charge is 0.214 e. The van der Waals surface area contributed by atoms with Gasteiger partial charge in [-0.05, 0) is 55.0 Å². The van der Waals surface area contributed by atoms with E-state index in [9.17, 15) is 0 Å². The van der Waals surface area contributed by atoms with Gasteiger partial charge in [0, 0.05) is 36.8 Å². The number of hydrogen-bond acceptors (Lipinski definition) is 5. The number of fused-ring (bicyclic) bond motifs is 1. The highest BCUT2D eigenvalue weighted by Gasteiger charge is 2.18. The summed E-state index contributed by atoms with van der Waals surface area (Å²) in [7, 11) is 1.67. The Hall–Kier alpha value is -2.79. The summed E-state index contributed by atoms with van der Waals surface area (Å²) in [5.41, 5.74) is 6.55. The van der Waals surface area contributed by atoms with Gasteiger partial charge >= 0.3 is 0 Å². The van der Waals surface area contributed by atoms with Crippen LogP contribution in [0, 0.1) is 0 Å². The predicted molar refractivity (Wildman–Crippen MR) is 103 cm³/mol. The van der Waals surface area contributed by atoms with Crippen molar-refractivity contribution in [3.63, 3.8) is 0 Å². The van der Waals surface area contributed by atoms with Crippen LogP contribution in [0.4, 0.5) is 0 Å². The average molecular weight is 361 g/mol. The van der Waals surface area contributed by atoms with Crippen LogP contribution in [-0.4, -0.2) is 22.1 Å². The van der Waals surface area contributed by atoms with E-state index in [1.54, 1.807) is 13.3 Å². The molecule has 27 heavy (non-hydrogen) atoms. The summed E-state index contributed by atoms with van der Waals surface area (Å²) in [6.45, 7) is 0.881. The molecule has 0 saturated carbocycles. The zero-order valence-electron chi connectivity index (χ0n) is 15.5. The SMILES string of the molecule is COCc1cccc(COc2cc(-c3cccnc3)c3c(n2)CCCC3)n1. The molecule has 3 aromatic heterocycles. The minimum atomic E-state index is 0.385. The van der Waals surface area contributed by atoms with Crippen molar-refractivity contribution in [2.75, 3.05) is 7.11 Å². The molecule has 1 aliphatic carbocycles. The quantitative estimate of drug-likeness (QED) is 0.660. The van der Waals surface area contributed by atoms with Gasteiger partial charge < -0.3 is 9.47 Å². The molecule has 0 spiro atoms. The summed E-state index contributed by atoms with van der Waals surface area (Å²) in [6.07, 6.45) is 8.15. The molecule has 3 aromatic rings. The minimum Gasteiger partial charge on any atom is -0.471 e. The Morgan fingerprint density at radius 3 is 2.63 bits per heavy atom. The zero-order valence-corrected chi connectivity index (χ0v) is 15.5. The topological polar surface area (TPSA) is 57.1 Å². The van der Waals surface area contributed by atoms with E-state index >= 15 is 0 Å². The van der Waals surface area contributed by atoms with E-state index in [1.807, 2.05) is 36.5 Å². The lowest BCUT2D eigenvalue weighted by atomic mass is 9.90. The average Bonchev–Trinajstić information content (AvgIpc) is 2.73. The van der Waals surface area contributed by atoms with Gasteiger partial charge in [0.15, 0.2) is 0 Å². The third-order valence-electron chi connectivity index (χ3n) is 4.77. The van der Waals surface area contributed by atoms with Gasteiger partial charge in [0.05, 0.1) is 18.0 Å². The van der Waals surface area contributed by atoms with Crippen LogP contribution in [-0.2, 0) is 30.8 Å². The highest BCUT2D eigenvalue weighted by Crippen LogP contribution is 2.33. The van der Waals surface area contributed by atoms with Crippen LogP contribution in [0.3, 0.4) is 0 Å². The first-order chi connectivity index (χ1) is 13.3. The first-order valence-corrected chi connectivity index (χ1v) is 9.33. The molecule has 0 atom stereocenters. The molecular weight excluding hydrogens is 338 g/mol. The molecule has 0 aliphatic heterocycles. The van der Waals surface area contributed by atoms with E-state index in [4.69, 9.17) is 14.5 Å². The second-order valence-electron chi connectivity index (χ2n) is 6.72. The number of aryl methyl sites for hydroxylation is 1. The van der Waals surface area contributed by atoms with Gasteiger partial charge in [-0.1, -0.05) is 12.1 Å². The highest BCUT2D eigenvalue weighted by atomic mass is 16.5. The summed E-state index contributed by atoms with van der Waals surface area (Å²) in [4.78, 5) is 13.6. The summed E-state index contributed by atoms with van der Waals surface area (Å²) >= 11 is 0. The highest BCUT2D eigenvalue weighted by molar-refractivity contribution is 5.68. The number of aromatic nitrogens is 3. The van der Waals surface area contributed by atoms with Crippen molar-refractivity contribution in [3.05, 3.63) is 71.4 Å². The largest absolute Gasteiger partial charge is 0.471 e. The van der Waals surface area contributed by atoms with Crippen LogP contribution in [0.25, 0.3) is 11.1 Å². The molecule has 138 valence electrons. The lowest BCUT2D eigenvalue weighted by Gasteiger charge is -2.20. The number of pyridine rings is 3. The summed E-state index contributed by atoms with van der Waals surface area (Å²) in [6, 6.07) is 12.0. The number of rotatable bonds is 6. The van der Waals surface area contributed by atoms with Crippen molar-refractivity contribution >= 4 is 0 Å². The van der Waals surface area contributed by atoms with Gasteiger partial charge in [-0.15, -0.1) is 0 Å². The van der Waals surface area contributed by atoms with Gasteiger partial charge in [0.2, 0.25) is 5.88 Å². The molecule has 0 amide bonds. The Bertz CT molecular complexity index is 913. The number of hydrogen-bond donors (Lipinski definition) is 0. The van der Waals surface area contributed by atoms with Crippen LogP contribution in [0.1, 0.15) is 35.5 Å². The molecule has 1 aliphatic rings. The van der Waals surface area contributed by atoms with Crippen molar-refractivity contribution in [2.45, 2.75) is 38.9 Å². The van der Waals surface area contributed by atoms with Crippen molar-refractivity contribution in [1.82, 2.24) is 15.0 Å². The van der Waals surface area contributed by atoms with Crippen LogP contribution >= 0.6 is 0 Å².